The molecule has 0 spiro atoms. The first-order valence-electron chi connectivity index (χ1n) is 6.45. The summed E-state index contributed by atoms with van der Waals surface area (Å²) in [5, 5.41) is 4.97. The lowest BCUT2D eigenvalue weighted by atomic mass is 10.0. The molecule has 0 saturated heterocycles. The molecule has 0 saturated carbocycles. The highest BCUT2D eigenvalue weighted by atomic mass is 35.5. The fourth-order valence-electron chi connectivity index (χ4n) is 1.85. The number of halogens is 2. The Hall–Kier alpha value is -0.280. The Morgan fingerprint density at radius 1 is 1.28 bits per heavy atom. The summed E-state index contributed by atoms with van der Waals surface area (Å²) in [5.74, 6) is 0. The Morgan fingerprint density at radius 3 is 2.56 bits per heavy atom. The molecule has 18 heavy (non-hydrogen) atoms. The molecule has 4 heteroatoms. The number of rotatable bonds is 7. The molecule has 1 unspecified atom stereocenters. The van der Waals surface area contributed by atoms with E-state index < -0.39 is 0 Å². The minimum absolute atomic E-state index is 0.292. The van der Waals surface area contributed by atoms with Gasteiger partial charge in [-0.25, -0.2) is 0 Å². The van der Waals surface area contributed by atoms with Gasteiger partial charge in [-0.05, 0) is 37.7 Å². The molecule has 0 aliphatic heterocycles. The number of likely N-dealkylation sites (N-methyl/N-ethyl adjacent to an activating group) is 1. The van der Waals surface area contributed by atoms with Gasteiger partial charge in [0.05, 0.1) is 0 Å². The Kier molecular flexibility index (Phi) is 7.02. The van der Waals surface area contributed by atoms with Crippen LogP contribution in [0, 0.1) is 0 Å². The van der Waals surface area contributed by atoms with Crippen molar-refractivity contribution in [1.82, 2.24) is 10.2 Å². The molecule has 0 aromatic heterocycles. The smallest absolute Gasteiger partial charge is 0.0468 e. The quantitative estimate of drug-likeness (QED) is 0.816. The second-order valence-corrected chi connectivity index (χ2v) is 5.32. The van der Waals surface area contributed by atoms with Gasteiger partial charge in [-0.3, -0.25) is 0 Å². The first-order valence-corrected chi connectivity index (χ1v) is 7.20. The van der Waals surface area contributed by atoms with Crippen molar-refractivity contribution in [2.45, 2.75) is 26.3 Å². The van der Waals surface area contributed by atoms with Gasteiger partial charge < -0.3 is 10.2 Å². The zero-order chi connectivity index (χ0) is 13.5. The Labute approximate surface area is 120 Å². The lowest BCUT2D eigenvalue weighted by Gasteiger charge is -2.21. The van der Waals surface area contributed by atoms with E-state index in [0.717, 1.165) is 36.6 Å². The molecule has 1 aromatic carbocycles. The van der Waals surface area contributed by atoms with Crippen LogP contribution in [-0.4, -0.2) is 31.6 Å². The van der Waals surface area contributed by atoms with E-state index >= 15 is 0 Å². The zero-order valence-electron chi connectivity index (χ0n) is 11.3. The molecule has 0 aliphatic carbocycles. The minimum Gasteiger partial charge on any atom is -0.309 e. The van der Waals surface area contributed by atoms with Crippen LogP contribution in [0.25, 0.3) is 0 Å². The summed E-state index contributed by atoms with van der Waals surface area (Å²) in [6.45, 7) is 7.39. The lowest BCUT2D eigenvalue weighted by molar-refractivity contribution is 0.338. The maximum atomic E-state index is 6.24. The van der Waals surface area contributed by atoms with Crippen molar-refractivity contribution in [1.29, 1.82) is 0 Å². The maximum absolute atomic E-state index is 6.24. The number of hydrogen-bond donors (Lipinski definition) is 1. The summed E-state index contributed by atoms with van der Waals surface area (Å²) < 4.78 is 0. The average Bonchev–Trinajstić information content (AvgIpc) is 2.35. The van der Waals surface area contributed by atoms with E-state index in [1.54, 1.807) is 6.07 Å². The van der Waals surface area contributed by atoms with Crippen molar-refractivity contribution >= 4 is 23.2 Å². The van der Waals surface area contributed by atoms with E-state index in [2.05, 4.69) is 31.1 Å². The normalized spacial score (nSPS) is 13.0. The average molecular weight is 289 g/mol. The lowest BCUT2D eigenvalue weighted by Crippen LogP contribution is -2.31. The monoisotopic (exact) mass is 288 g/mol. The van der Waals surface area contributed by atoms with Gasteiger partial charge in [0, 0.05) is 29.2 Å². The molecule has 0 fully saturated rings. The predicted molar refractivity (Wildman–Crippen MR) is 80.7 cm³/mol. The molecular weight excluding hydrogens is 267 g/mol. The fraction of sp³-hybridized carbons (Fsp3) is 0.571. The second-order valence-electron chi connectivity index (χ2n) is 4.48. The van der Waals surface area contributed by atoms with Crippen molar-refractivity contribution in [3.05, 3.63) is 33.8 Å². The van der Waals surface area contributed by atoms with Crippen molar-refractivity contribution < 1.29 is 0 Å². The molecule has 102 valence electrons. The van der Waals surface area contributed by atoms with Crippen LogP contribution in [0.5, 0.6) is 0 Å². The van der Waals surface area contributed by atoms with Crippen LogP contribution < -0.4 is 5.32 Å². The van der Waals surface area contributed by atoms with Crippen LogP contribution in [0.1, 0.15) is 31.9 Å². The van der Waals surface area contributed by atoms with Gasteiger partial charge in [-0.15, -0.1) is 0 Å². The Morgan fingerprint density at radius 2 is 2.00 bits per heavy atom. The summed E-state index contributed by atoms with van der Waals surface area (Å²) in [6.07, 6.45) is 1.01. The van der Waals surface area contributed by atoms with Crippen LogP contribution in [0.15, 0.2) is 18.2 Å². The Bertz CT molecular complexity index is 369. The van der Waals surface area contributed by atoms with E-state index in [-0.39, 0.29) is 0 Å². The van der Waals surface area contributed by atoms with Crippen molar-refractivity contribution in [2.24, 2.45) is 0 Å². The highest BCUT2D eigenvalue weighted by Gasteiger charge is 2.12. The standard InChI is InChI=1S/C14H22Cl2N2/c1-4-14(17-8-9-18(3)5-2)12-7-6-11(15)10-13(12)16/h6-7,10,14,17H,4-5,8-9H2,1-3H3. The third-order valence-corrected chi connectivity index (χ3v) is 3.73. The van der Waals surface area contributed by atoms with Crippen LogP contribution in [-0.2, 0) is 0 Å². The SMILES string of the molecule is CCC(NCCN(C)CC)c1ccc(Cl)cc1Cl. The summed E-state index contributed by atoms with van der Waals surface area (Å²) in [7, 11) is 2.12. The molecule has 0 aliphatic rings. The number of hydrogen-bond acceptors (Lipinski definition) is 2. The van der Waals surface area contributed by atoms with Crippen molar-refractivity contribution in [3.63, 3.8) is 0 Å². The summed E-state index contributed by atoms with van der Waals surface area (Å²) >= 11 is 12.2. The first kappa shape index (κ1) is 15.8. The van der Waals surface area contributed by atoms with Gasteiger partial charge in [0.1, 0.15) is 0 Å². The highest BCUT2D eigenvalue weighted by Crippen LogP contribution is 2.27. The molecule has 1 rings (SSSR count). The van der Waals surface area contributed by atoms with Gasteiger partial charge in [-0.1, -0.05) is 43.1 Å². The third-order valence-electron chi connectivity index (χ3n) is 3.17. The molecule has 2 nitrogen and oxygen atoms in total. The molecule has 0 bridgehead atoms. The van der Waals surface area contributed by atoms with E-state index in [4.69, 9.17) is 23.2 Å². The minimum atomic E-state index is 0.292. The van der Waals surface area contributed by atoms with Gasteiger partial charge in [0.25, 0.3) is 0 Å². The van der Waals surface area contributed by atoms with Crippen LogP contribution in [0.2, 0.25) is 10.0 Å². The molecule has 0 heterocycles. The van der Waals surface area contributed by atoms with Crippen molar-refractivity contribution in [3.8, 4) is 0 Å². The van der Waals surface area contributed by atoms with E-state index in [0.29, 0.717) is 11.1 Å². The molecule has 1 N–H and O–H groups in total. The Balaban J connectivity index is 2.60. The number of benzene rings is 1. The van der Waals surface area contributed by atoms with Crippen molar-refractivity contribution in [2.75, 3.05) is 26.7 Å². The summed E-state index contributed by atoms with van der Waals surface area (Å²) in [5.41, 5.74) is 1.13. The third kappa shape index (κ3) is 4.77. The van der Waals surface area contributed by atoms with E-state index in [9.17, 15) is 0 Å². The molecule has 1 atom stereocenters. The number of nitrogens with one attached hydrogen (secondary N) is 1. The van der Waals surface area contributed by atoms with Gasteiger partial charge >= 0.3 is 0 Å². The second kappa shape index (κ2) is 8.00. The van der Waals surface area contributed by atoms with Crippen LogP contribution in [0.3, 0.4) is 0 Å². The fourth-order valence-corrected chi connectivity index (χ4v) is 2.39. The predicted octanol–water partition coefficient (Wildman–Crippen LogP) is 3.99. The molecule has 0 radical (unpaired) electrons. The maximum Gasteiger partial charge on any atom is 0.0468 e. The van der Waals surface area contributed by atoms with Crippen LogP contribution >= 0.6 is 23.2 Å². The molecular formula is C14H22Cl2N2. The molecule has 0 amide bonds. The topological polar surface area (TPSA) is 15.3 Å². The largest absolute Gasteiger partial charge is 0.309 e. The van der Waals surface area contributed by atoms with E-state index in [1.807, 2.05) is 12.1 Å². The summed E-state index contributed by atoms with van der Waals surface area (Å²) in [6, 6.07) is 6.00. The van der Waals surface area contributed by atoms with E-state index in [1.165, 1.54) is 0 Å². The van der Waals surface area contributed by atoms with Gasteiger partial charge in [0.2, 0.25) is 0 Å². The van der Waals surface area contributed by atoms with Gasteiger partial charge in [-0.2, -0.15) is 0 Å². The first-order chi connectivity index (χ1) is 8.58. The van der Waals surface area contributed by atoms with Crippen LogP contribution in [0.4, 0.5) is 0 Å². The molecule has 1 aromatic rings. The number of nitrogens with zero attached hydrogens (tertiary/aromatic N) is 1. The zero-order valence-corrected chi connectivity index (χ0v) is 12.9. The highest BCUT2D eigenvalue weighted by molar-refractivity contribution is 6.35. The van der Waals surface area contributed by atoms with Gasteiger partial charge in [0.15, 0.2) is 0 Å². The summed E-state index contributed by atoms with van der Waals surface area (Å²) in [4.78, 5) is 2.28.